The largest absolute Gasteiger partial charge is 0.481 e. The molecule has 6 nitrogen and oxygen atoms in total. The van der Waals surface area contributed by atoms with E-state index in [0.29, 0.717) is 32.7 Å². The van der Waals surface area contributed by atoms with E-state index >= 15 is 0 Å². The van der Waals surface area contributed by atoms with Crippen molar-refractivity contribution in [1.82, 2.24) is 10.2 Å². The van der Waals surface area contributed by atoms with E-state index < -0.39 is 5.97 Å². The summed E-state index contributed by atoms with van der Waals surface area (Å²) < 4.78 is 4.95. The highest BCUT2D eigenvalue weighted by Gasteiger charge is 2.12. The number of rotatable bonds is 11. The molecule has 0 saturated heterocycles. The van der Waals surface area contributed by atoms with Gasteiger partial charge in [-0.05, 0) is 18.8 Å². The molecule has 0 heterocycles. The highest BCUT2D eigenvalue weighted by atomic mass is 16.5. The number of carboxylic acids is 1. The second kappa shape index (κ2) is 11.3. The van der Waals surface area contributed by atoms with Crippen LogP contribution in [0.2, 0.25) is 0 Å². The molecule has 6 heteroatoms. The van der Waals surface area contributed by atoms with Gasteiger partial charge in [0.25, 0.3) is 0 Å². The lowest BCUT2D eigenvalue weighted by Crippen LogP contribution is -2.42. The van der Waals surface area contributed by atoms with E-state index in [4.69, 9.17) is 9.84 Å². The maximum Gasteiger partial charge on any atom is 0.317 e. The Morgan fingerprint density at radius 2 is 2.15 bits per heavy atom. The zero-order valence-corrected chi connectivity index (χ0v) is 12.4. The van der Waals surface area contributed by atoms with Crippen LogP contribution in [0, 0.1) is 5.92 Å². The second-order valence-electron chi connectivity index (χ2n) is 4.79. The van der Waals surface area contributed by atoms with Gasteiger partial charge in [0.15, 0.2) is 0 Å². The molecule has 0 aliphatic heterocycles. The molecule has 0 saturated carbocycles. The normalized spacial score (nSPS) is 11.7. The Morgan fingerprint density at radius 1 is 1.45 bits per heavy atom. The minimum absolute atomic E-state index is 0.146. The van der Waals surface area contributed by atoms with Gasteiger partial charge in [-0.25, -0.2) is 4.79 Å². The quantitative estimate of drug-likeness (QED) is 0.567. The van der Waals surface area contributed by atoms with Crippen LogP contribution in [0.15, 0.2) is 12.7 Å². The molecule has 0 fully saturated rings. The van der Waals surface area contributed by atoms with Gasteiger partial charge < -0.3 is 20.1 Å². The maximum absolute atomic E-state index is 11.9. The molecule has 0 aliphatic carbocycles. The van der Waals surface area contributed by atoms with Crippen molar-refractivity contribution in [2.24, 2.45) is 5.92 Å². The number of nitrogens with one attached hydrogen (secondary N) is 1. The number of carboxylic acid groups (broad SMARTS) is 1. The van der Waals surface area contributed by atoms with Gasteiger partial charge in [-0.1, -0.05) is 13.0 Å². The molecule has 1 unspecified atom stereocenters. The molecule has 1 atom stereocenters. The van der Waals surface area contributed by atoms with Crippen LogP contribution in [0.5, 0.6) is 0 Å². The Labute approximate surface area is 120 Å². The third-order valence-corrected chi connectivity index (χ3v) is 2.97. The van der Waals surface area contributed by atoms with Crippen molar-refractivity contribution in [3.63, 3.8) is 0 Å². The molecular weight excluding hydrogens is 260 g/mol. The summed E-state index contributed by atoms with van der Waals surface area (Å²) in [4.78, 5) is 24.0. The number of amides is 2. The Morgan fingerprint density at radius 3 is 2.70 bits per heavy atom. The van der Waals surface area contributed by atoms with Crippen molar-refractivity contribution in [2.45, 2.75) is 26.2 Å². The number of aliphatic carboxylic acids is 1. The van der Waals surface area contributed by atoms with Crippen molar-refractivity contribution in [2.75, 3.05) is 33.4 Å². The Balaban J connectivity index is 3.92. The van der Waals surface area contributed by atoms with E-state index in [-0.39, 0.29) is 18.4 Å². The fraction of sp³-hybridized carbons (Fsp3) is 0.714. The van der Waals surface area contributed by atoms with Crippen LogP contribution in [0.4, 0.5) is 4.79 Å². The predicted octanol–water partition coefficient (Wildman–Crippen LogP) is 1.72. The average Bonchev–Trinajstić information content (AvgIpc) is 2.41. The molecule has 0 aromatic rings. The summed E-state index contributed by atoms with van der Waals surface area (Å²) in [6, 6.07) is -0.146. The first kappa shape index (κ1) is 18.4. The van der Waals surface area contributed by atoms with Crippen molar-refractivity contribution in [3.8, 4) is 0 Å². The fourth-order valence-corrected chi connectivity index (χ4v) is 1.68. The number of methoxy groups -OCH3 is 1. The SMILES string of the molecule is C=CCN(CCOC)C(=O)NCCC(C)CCC(=O)O. The molecule has 0 aromatic carbocycles. The van der Waals surface area contributed by atoms with Crippen molar-refractivity contribution in [3.05, 3.63) is 12.7 Å². The number of carbonyl (C=O) groups excluding carboxylic acids is 1. The lowest BCUT2D eigenvalue weighted by atomic mass is 10.0. The van der Waals surface area contributed by atoms with E-state index in [1.807, 2.05) is 6.92 Å². The first-order valence-corrected chi connectivity index (χ1v) is 6.85. The zero-order chi connectivity index (χ0) is 15.4. The Kier molecular flexibility index (Phi) is 10.4. The van der Waals surface area contributed by atoms with Crippen LogP contribution in [0.25, 0.3) is 0 Å². The molecule has 20 heavy (non-hydrogen) atoms. The number of hydrogen-bond donors (Lipinski definition) is 2. The molecule has 0 aromatic heterocycles. The van der Waals surface area contributed by atoms with Crippen LogP contribution in [-0.4, -0.2) is 55.4 Å². The summed E-state index contributed by atoms with van der Waals surface area (Å²) in [6.07, 6.45) is 3.24. The fourth-order valence-electron chi connectivity index (χ4n) is 1.68. The van der Waals surface area contributed by atoms with Crippen LogP contribution in [-0.2, 0) is 9.53 Å². The number of urea groups is 1. The van der Waals surface area contributed by atoms with Gasteiger partial charge in [-0.2, -0.15) is 0 Å². The summed E-state index contributed by atoms with van der Waals surface area (Å²) in [5.74, 6) is -0.504. The van der Waals surface area contributed by atoms with E-state index in [1.54, 1.807) is 18.1 Å². The van der Waals surface area contributed by atoms with Crippen molar-refractivity contribution >= 4 is 12.0 Å². The predicted molar refractivity (Wildman–Crippen MR) is 77.7 cm³/mol. The summed E-state index contributed by atoms with van der Waals surface area (Å²) in [5.41, 5.74) is 0. The maximum atomic E-state index is 11.9. The van der Waals surface area contributed by atoms with Crippen LogP contribution in [0.3, 0.4) is 0 Å². The molecule has 2 N–H and O–H groups in total. The van der Waals surface area contributed by atoms with Gasteiger partial charge in [0, 0.05) is 33.2 Å². The van der Waals surface area contributed by atoms with Crippen molar-refractivity contribution in [1.29, 1.82) is 0 Å². The van der Waals surface area contributed by atoms with E-state index in [1.165, 1.54) is 0 Å². The Hall–Kier alpha value is -1.56. The van der Waals surface area contributed by atoms with E-state index in [0.717, 1.165) is 6.42 Å². The topological polar surface area (TPSA) is 78.9 Å². The molecule has 2 amide bonds. The van der Waals surface area contributed by atoms with Crippen LogP contribution < -0.4 is 5.32 Å². The molecule has 0 bridgehead atoms. The molecule has 0 aliphatic rings. The highest BCUT2D eigenvalue weighted by Crippen LogP contribution is 2.09. The van der Waals surface area contributed by atoms with Gasteiger partial charge in [0.05, 0.1) is 6.61 Å². The number of ether oxygens (including phenoxy) is 1. The minimum Gasteiger partial charge on any atom is -0.481 e. The molecule has 116 valence electrons. The lowest BCUT2D eigenvalue weighted by Gasteiger charge is -2.21. The Bertz CT molecular complexity index is 308. The number of hydrogen-bond acceptors (Lipinski definition) is 3. The monoisotopic (exact) mass is 286 g/mol. The minimum atomic E-state index is -0.780. The lowest BCUT2D eigenvalue weighted by molar-refractivity contribution is -0.137. The van der Waals surface area contributed by atoms with Crippen molar-refractivity contribution < 1.29 is 19.4 Å². The van der Waals surface area contributed by atoms with E-state index in [9.17, 15) is 9.59 Å². The standard InChI is InChI=1S/C14H26N2O4/c1-4-9-16(10-11-20-3)14(19)15-8-7-12(2)5-6-13(17)18/h4,12H,1,5-11H2,2-3H3,(H,15,19)(H,17,18). The highest BCUT2D eigenvalue weighted by molar-refractivity contribution is 5.74. The zero-order valence-electron chi connectivity index (χ0n) is 12.4. The third-order valence-electron chi connectivity index (χ3n) is 2.97. The summed E-state index contributed by atoms with van der Waals surface area (Å²) in [5, 5.41) is 11.4. The van der Waals surface area contributed by atoms with Gasteiger partial charge in [0.2, 0.25) is 0 Å². The summed E-state index contributed by atoms with van der Waals surface area (Å²) >= 11 is 0. The van der Waals surface area contributed by atoms with Gasteiger partial charge in [-0.15, -0.1) is 6.58 Å². The molecule has 0 rings (SSSR count). The molecular formula is C14H26N2O4. The molecule has 0 spiro atoms. The average molecular weight is 286 g/mol. The number of carbonyl (C=O) groups is 2. The number of nitrogens with zero attached hydrogens (tertiary/aromatic N) is 1. The smallest absolute Gasteiger partial charge is 0.317 e. The van der Waals surface area contributed by atoms with Gasteiger partial charge in [0.1, 0.15) is 0 Å². The van der Waals surface area contributed by atoms with Crippen LogP contribution in [0.1, 0.15) is 26.2 Å². The third kappa shape index (κ3) is 9.38. The van der Waals surface area contributed by atoms with Gasteiger partial charge >= 0.3 is 12.0 Å². The molecule has 0 radical (unpaired) electrons. The first-order valence-electron chi connectivity index (χ1n) is 6.85. The van der Waals surface area contributed by atoms with E-state index in [2.05, 4.69) is 11.9 Å². The summed E-state index contributed by atoms with van der Waals surface area (Å²) in [7, 11) is 1.59. The summed E-state index contributed by atoms with van der Waals surface area (Å²) in [6.45, 7) is 7.63. The first-order chi connectivity index (χ1) is 9.51. The second-order valence-corrected chi connectivity index (χ2v) is 4.79. The van der Waals surface area contributed by atoms with Gasteiger partial charge in [-0.3, -0.25) is 4.79 Å². The van der Waals surface area contributed by atoms with Crippen LogP contribution >= 0.6 is 0 Å².